The van der Waals surface area contributed by atoms with Crippen LogP contribution in [0.15, 0.2) is 12.3 Å². The van der Waals surface area contributed by atoms with E-state index in [9.17, 15) is 4.79 Å². The minimum Gasteiger partial charge on any atom is -0.444 e. The molecular formula is C14H24N4O2. The van der Waals surface area contributed by atoms with Gasteiger partial charge in [0.05, 0.1) is 18.3 Å². The van der Waals surface area contributed by atoms with E-state index < -0.39 is 5.60 Å². The van der Waals surface area contributed by atoms with Crippen LogP contribution < -0.4 is 5.73 Å². The van der Waals surface area contributed by atoms with Crippen LogP contribution in [0.2, 0.25) is 0 Å². The number of carbonyl (C=O) groups excluding carboxylic acids is 1. The number of aromatic nitrogens is 2. The lowest BCUT2D eigenvalue weighted by molar-refractivity contribution is 0.0210. The Bertz CT molecular complexity index is 478. The van der Waals surface area contributed by atoms with E-state index in [2.05, 4.69) is 5.10 Å². The third-order valence-electron chi connectivity index (χ3n) is 3.25. The molecule has 2 unspecified atom stereocenters. The predicted molar refractivity (Wildman–Crippen MR) is 76.3 cm³/mol. The van der Waals surface area contributed by atoms with Gasteiger partial charge in [-0.15, -0.1) is 0 Å². The highest BCUT2D eigenvalue weighted by Gasteiger charge is 2.36. The molecule has 1 aromatic rings. The van der Waals surface area contributed by atoms with Crippen LogP contribution in [-0.2, 0) is 11.3 Å². The van der Waals surface area contributed by atoms with Crippen molar-refractivity contribution in [2.45, 2.75) is 58.3 Å². The molecule has 1 saturated heterocycles. The van der Waals surface area contributed by atoms with Crippen LogP contribution >= 0.6 is 0 Å². The quantitative estimate of drug-likeness (QED) is 0.891. The van der Waals surface area contributed by atoms with Crippen LogP contribution in [0, 0.1) is 6.92 Å². The van der Waals surface area contributed by atoms with Gasteiger partial charge in [0.15, 0.2) is 0 Å². The minimum atomic E-state index is -0.489. The van der Waals surface area contributed by atoms with E-state index in [0.29, 0.717) is 13.1 Å². The second-order valence-corrected chi connectivity index (χ2v) is 6.46. The largest absolute Gasteiger partial charge is 0.444 e. The van der Waals surface area contributed by atoms with E-state index in [1.165, 1.54) is 0 Å². The van der Waals surface area contributed by atoms with Crippen LogP contribution in [0.1, 0.15) is 32.9 Å². The molecule has 1 fully saturated rings. The van der Waals surface area contributed by atoms with Crippen molar-refractivity contribution in [2.24, 2.45) is 5.73 Å². The molecule has 112 valence electrons. The Morgan fingerprint density at radius 2 is 2.25 bits per heavy atom. The van der Waals surface area contributed by atoms with Crippen molar-refractivity contribution >= 4 is 6.09 Å². The van der Waals surface area contributed by atoms with Crippen molar-refractivity contribution in [2.75, 3.05) is 6.54 Å². The molecule has 6 heteroatoms. The highest BCUT2D eigenvalue weighted by atomic mass is 16.6. The number of amides is 1. The van der Waals surface area contributed by atoms with Crippen LogP contribution in [0.5, 0.6) is 0 Å². The number of nitrogens with zero attached hydrogens (tertiary/aromatic N) is 3. The summed E-state index contributed by atoms with van der Waals surface area (Å²) in [5.41, 5.74) is 6.48. The molecule has 0 saturated carbocycles. The topological polar surface area (TPSA) is 73.4 Å². The van der Waals surface area contributed by atoms with Crippen LogP contribution in [0.25, 0.3) is 0 Å². The smallest absolute Gasteiger partial charge is 0.410 e. The number of hydrogen-bond donors (Lipinski definition) is 1. The van der Waals surface area contributed by atoms with Gasteiger partial charge >= 0.3 is 6.09 Å². The standard InChI is InChI=1S/C14H24N4O2/c1-10-5-6-17(16-10)9-12-7-11(15)8-18(12)13(19)20-14(2,3)4/h5-6,11-12H,7-9,15H2,1-4H3. The average Bonchev–Trinajstić information content (AvgIpc) is 2.83. The summed E-state index contributed by atoms with van der Waals surface area (Å²) in [4.78, 5) is 14.0. The minimum absolute atomic E-state index is 0.00387. The molecule has 1 aliphatic rings. The zero-order valence-corrected chi connectivity index (χ0v) is 12.7. The predicted octanol–water partition coefficient (Wildman–Crippen LogP) is 1.53. The molecule has 2 heterocycles. The first-order chi connectivity index (χ1) is 9.24. The van der Waals surface area contributed by atoms with E-state index >= 15 is 0 Å². The Kier molecular flexibility index (Phi) is 4.04. The number of likely N-dealkylation sites (tertiary alicyclic amines) is 1. The number of nitrogens with two attached hydrogens (primary N) is 1. The molecular weight excluding hydrogens is 256 g/mol. The molecule has 0 bridgehead atoms. The Labute approximate surface area is 119 Å². The van der Waals surface area contributed by atoms with Crippen molar-refractivity contribution in [1.82, 2.24) is 14.7 Å². The normalized spacial score (nSPS) is 23.1. The summed E-state index contributed by atoms with van der Waals surface area (Å²) >= 11 is 0. The zero-order chi connectivity index (χ0) is 14.9. The van der Waals surface area contributed by atoms with E-state index in [0.717, 1.165) is 12.1 Å². The molecule has 2 atom stereocenters. The third kappa shape index (κ3) is 3.72. The van der Waals surface area contributed by atoms with Crippen LogP contribution in [-0.4, -0.2) is 45.0 Å². The van der Waals surface area contributed by atoms with Crippen molar-refractivity contribution in [3.8, 4) is 0 Å². The SMILES string of the molecule is Cc1ccn(CC2CC(N)CN2C(=O)OC(C)(C)C)n1. The van der Waals surface area contributed by atoms with Gasteiger partial charge in [0.1, 0.15) is 5.60 Å². The van der Waals surface area contributed by atoms with E-state index in [1.807, 2.05) is 44.6 Å². The van der Waals surface area contributed by atoms with Crippen molar-refractivity contribution < 1.29 is 9.53 Å². The lowest BCUT2D eigenvalue weighted by atomic mass is 10.2. The van der Waals surface area contributed by atoms with Gasteiger partial charge < -0.3 is 15.4 Å². The zero-order valence-electron chi connectivity index (χ0n) is 12.7. The highest BCUT2D eigenvalue weighted by Crippen LogP contribution is 2.21. The second-order valence-electron chi connectivity index (χ2n) is 6.46. The summed E-state index contributed by atoms with van der Waals surface area (Å²) < 4.78 is 7.30. The van der Waals surface area contributed by atoms with Gasteiger partial charge in [-0.1, -0.05) is 0 Å². The number of hydrogen-bond acceptors (Lipinski definition) is 4. The molecule has 2 N–H and O–H groups in total. The molecule has 20 heavy (non-hydrogen) atoms. The number of aryl methyl sites for hydroxylation is 1. The van der Waals surface area contributed by atoms with Gasteiger partial charge in [0.2, 0.25) is 0 Å². The molecule has 0 spiro atoms. The molecule has 1 amide bonds. The number of carbonyl (C=O) groups is 1. The lowest BCUT2D eigenvalue weighted by Gasteiger charge is -2.28. The fraction of sp³-hybridized carbons (Fsp3) is 0.714. The van der Waals surface area contributed by atoms with E-state index in [4.69, 9.17) is 10.5 Å². The van der Waals surface area contributed by atoms with Gasteiger partial charge in [-0.3, -0.25) is 4.68 Å². The first-order valence-corrected chi connectivity index (χ1v) is 7.00. The Morgan fingerprint density at radius 1 is 1.55 bits per heavy atom. The summed E-state index contributed by atoms with van der Waals surface area (Å²) in [6.07, 6.45) is 2.41. The summed E-state index contributed by atoms with van der Waals surface area (Å²) in [6, 6.07) is 2.00. The summed E-state index contributed by atoms with van der Waals surface area (Å²) in [7, 11) is 0. The van der Waals surface area contributed by atoms with E-state index in [1.54, 1.807) is 4.90 Å². The molecule has 2 rings (SSSR count). The number of ether oxygens (including phenoxy) is 1. The maximum absolute atomic E-state index is 12.2. The summed E-state index contributed by atoms with van der Waals surface area (Å²) in [5, 5.41) is 4.36. The van der Waals surface area contributed by atoms with Gasteiger partial charge in [-0.05, 0) is 40.2 Å². The first kappa shape index (κ1) is 14.8. The Hall–Kier alpha value is -1.56. The van der Waals surface area contributed by atoms with Crippen LogP contribution in [0.4, 0.5) is 4.79 Å². The third-order valence-corrected chi connectivity index (χ3v) is 3.25. The van der Waals surface area contributed by atoms with Crippen LogP contribution in [0.3, 0.4) is 0 Å². The summed E-state index contributed by atoms with van der Waals surface area (Å²) in [5.74, 6) is 0. The summed E-state index contributed by atoms with van der Waals surface area (Å²) in [6.45, 7) is 8.75. The molecule has 0 aliphatic carbocycles. The molecule has 6 nitrogen and oxygen atoms in total. The fourth-order valence-corrected chi connectivity index (χ4v) is 2.45. The molecule has 1 aromatic heterocycles. The Balaban J connectivity index is 2.04. The maximum atomic E-state index is 12.2. The first-order valence-electron chi connectivity index (χ1n) is 7.00. The van der Waals surface area contributed by atoms with E-state index in [-0.39, 0.29) is 18.2 Å². The highest BCUT2D eigenvalue weighted by molar-refractivity contribution is 5.69. The van der Waals surface area contributed by atoms with Gasteiger partial charge in [-0.2, -0.15) is 5.10 Å². The van der Waals surface area contributed by atoms with Crippen molar-refractivity contribution in [3.63, 3.8) is 0 Å². The van der Waals surface area contributed by atoms with Crippen molar-refractivity contribution in [1.29, 1.82) is 0 Å². The molecule has 0 radical (unpaired) electrons. The fourth-order valence-electron chi connectivity index (χ4n) is 2.45. The van der Waals surface area contributed by atoms with Gasteiger partial charge in [0, 0.05) is 18.8 Å². The Morgan fingerprint density at radius 3 is 2.80 bits per heavy atom. The average molecular weight is 280 g/mol. The van der Waals surface area contributed by atoms with Crippen molar-refractivity contribution in [3.05, 3.63) is 18.0 Å². The molecule has 1 aliphatic heterocycles. The number of rotatable bonds is 2. The second kappa shape index (κ2) is 5.44. The molecule has 0 aromatic carbocycles. The maximum Gasteiger partial charge on any atom is 0.410 e. The van der Waals surface area contributed by atoms with Gasteiger partial charge in [0.25, 0.3) is 0 Å². The lowest BCUT2D eigenvalue weighted by Crippen LogP contribution is -2.42. The van der Waals surface area contributed by atoms with Gasteiger partial charge in [-0.25, -0.2) is 4.79 Å². The monoisotopic (exact) mass is 280 g/mol.